The van der Waals surface area contributed by atoms with E-state index < -0.39 is 0 Å². The van der Waals surface area contributed by atoms with E-state index in [0.29, 0.717) is 5.92 Å². The van der Waals surface area contributed by atoms with Gasteiger partial charge < -0.3 is 5.11 Å². The fraction of sp³-hybridized carbons (Fsp3) is 0.778. The summed E-state index contributed by atoms with van der Waals surface area (Å²) < 4.78 is 0. The molecular weight excluding hydrogens is 140 g/mol. The van der Waals surface area contributed by atoms with Crippen molar-refractivity contribution in [3.63, 3.8) is 0 Å². The van der Waals surface area contributed by atoms with E-state index in [2.05, 4.69) is 6.92 Å². The van der Waals surface area contributed by atoms with Crippen LogP contribution in [0.25, 0.3) is 0 Å². The maximum atomic E-state index is 10.1. The third-order valence-electron chi connectivity index (χ3n) is 2.51. The second-order valence-corrected chi connectivity index (χ2v) is 3.39. The number of rotatable bonds is 1. The molecule has 62 valence electrons. The molecule has 0 heterocycles. The minimum absolute atomic E-state index is 0.208. The van der Waals surface area contributed by atoms with Crippen LogP contribution in [0.3, 0.4) is 0 Å². The fourth-order valence-electron chi connectivity index (χ4n) is 1.65. The Morgan fingerprint density at radius 1 is 1.55 bits per heavy atom. The Hall–Kier alpha value is -0.590. The molecule has 0 radical (unpaired) electrons. The van der Waals surface area contributed by atoms with Gasteiger partial charge in [-0.15, -0.1) is 0 Å². The molecule has 3 unspecified atom stereocenters. The summed E-state index contributed by atoms with van der Waals surface area (Å²) in [6, 6.07) is 0. The van der Waals surface area contributed by atoms with Crippen LogP contribution in [-0.4, -0.2) is 17.2 Å². The molecule has 1 aliphatic carbocycles. The predicted molar refractivity (Wildman–Crippen MR) is 42.8 cm³/mol. The normalized spacial score (nSPS) is 37.8. The maximum Gasteiger partial charge on any atom is 0.120 e. The predicted octanol–water partition coefficient (Wildman–Crippen LogP) is 1.17. The molecule has 0 aromatic rings. The van der Waals surface area contributed by atoms with Crippen molar-refractivity contribution in [1.82, 2.24) is 0 Å². The van der Waals surface area contributed by atoms with Crippen LogP contribution >= 0.6 is 0 Å². The van der Waals surface area contributed by atoms with Gasteiger partial charge in [-0.3, -0.25) is 0 Å². The molecule has 0 aromatic heterocycles. The van der Waals surface area contributed by atoms with E-state index in [0.717, 1.165) is 19.3 Å². The Morgan fingerprint density at radius 2 is 2.27 bits per heavy atom. The van der Waals surface area contributed by atoms with Crippen LogP contribution in [0.5, 0.6) is 0 Å². The van der Waals surface area contributed by atoms with Crippen LogP contribution in [0, 0.1) is 11.8 Å². The van der Waals surface area contributed by atoms with Gasteiger partial charge in [-0.25, -0.2) is 4.79 Å². The molecule has 0 amide bonds. The zero-order valence-electron chi connectivity index (χ0n) is 6.79. The highest BCUT2D eigenvalue weighted by molar-refractivity contribution is 5.45. The highest BCUT2D eigenvalue weighted by Crippen LogP contribution is 2.29. The van der Waals surface area contributed by atoms with Gasteiger partial charge in [-0.2, -0.15) is 0 Å². The zero-order valence-corrected chi connectivity index (χ0v) is 6.79. The number of aliphatic hydroxyl groups is 1. The lowest BCUT2D eigenvalue weighted by molar-refractivity contribution is 0.0900. The Labute approximate surface area is 66.9 Å². The van der Waals surface area contributed by atoms with Crippen LogP contribution in [0.2, 0.25) is 0 Å². The molecule has 0 aromatic carbocycles. The minimum Gasteiger partial charge on any atom is -0.393 e. The van der Waals surface area contributed by atoms with E-state index in [9.17, 15) is 9.90 Å². The highest BCUT2D eigenvalue weighted by atomic mass is 16.3. The van der Waals surface area contributed by atoms with Crippen LogP contribution in [-0.2, 0) is 4.79 Å². The molecule has 3 atom stereocenters. The number of hydrogen-bond donors (Lipinski definition) is 1. The SMILES string of the molecule is CC1CCC(O)CC1C=C=O. The Kier molecular flexibility index (Phi) is 2.86. The topological polar surface area (TPSA) is 37.3 Å². The van der Waals surface area contributed by atoms with Gasteiger partial charge in [0, 0.05) is 6.08 Å². The molecule has 2 nitrogen and oxygen atoms in total. The maximum absolute atomic E-state index is 10.1. The number of allylic oxidation sites excluding steroid dienone is 1. The molecule has 1 rings (SSSR count). The zero-order chi connectivity index (χ0) is 8.27. The Balaban J connectivity index is 2.53. The van der Waals surface area contributed by atoms with Crippen molar-refractivity contribution in [3.8, 4) is 0 Å². The fourth-order valence-corrected chi connectivity index (χ4v) is 1.65. The van der Waals surface area contributed by atoms with Crippen LogP contribution in [0.1, 0.15) is 26.2 Å². The lowest BCUT2D eigenvalue weighted by atomic mass is 9.79. The Bertz CT molecular complexity index is 170. The van der Waals surface area contributed by atoms with Crippen molar-refractivity contribution in [1.29, 1.82) is 0 Å². The van der Waals surface area contributed by atoms with Gasteiger partial charge >= 0.3 is 0 Å². The summed E-state index contributed by atoms with van der Waals surface area (Å²) in [5.41, 5.74) is 0. The summed E-state index contributed by atoms with van der Waals surface area (Å²) in [6.45, 7) is 2.12. The van der Waals surface area contributed by atoms with Crippen LogP contribution in [0.4, 0.5) is 0 Å². The first kappa shape index (κ1) is 8.51. The van der Waals surface area contributed by atoms with Gasteiger partial charge in [0.2, 0.25) is 0 Å². The summed E-state index contributed by atoms with van der Waals surface area (Å²) in [4.78, 5) is 10.1. The largest absolute Gasteiger partial charge is 0.393 e. The lowest BCUT2D eigenvalue weighted by Gasteiger charge is -2.28. The van der Waals surface area contributed by atoms with Gasteiger partial charge in [-0.1, -0.05) is 6.92 Å². The van der Waals surface area contributed by atoms with Crippen LogP contribution < -0.4 is 0 Å². The molecule has 0 spiro atoms. The number of hydrogen-bond acceptors (Lipinski definition) is 2. The average molecular weight is 154 g/mol. The second kappa shape index (κ2) is 3.70. The molecule has 1 aliphatic rings. The molecule has 1 fully saturated rings. The van der Waals surface area contributed by atoms with E-state index in [1.165, 1.54) is 0 Å². The van der Waals surface area contributed by atoms with Crippen molar-refractivity contribution in [3.05, 3.63) is 6.08 Å². The molecular formula is C9H14O2. The third-order valence-corrected chi connectivity index (χ3v) is 2.51. The summed E-state index contributed by atoms with van der Waals surface area (Å²) in [5, 5.41) is 9.27. The molecule has 0 bridgehead atoms. The van der Waals surface area contributed by atoms with E-state index in [1.54, 1.807) is 12.0 Å². The lowest BCUT2D eigenvalue weighted by Crippen LogP contribution is -2.24. The summed E-state index contributed by atoms with van der Waals surface area (Å²) in [6.07, 6.45) is 3.97. The smallest absolute Gasteiger partial charge is 0.120 e. The standard InChI is InChI=1S/C9H14O2/c1-7-2-3-9(11)6-8(7)4-5-10/h4,7-9,11H,2-3,6H2,1H3. The third kappa shape index (κ3) is 2.18. The minimum atomic E-state index is -0.208. The number of aliphatic hydroxyl groups excluding tert-OH is 1. The van der Waals surface area contributed by atoms with E-state index in [4.69, 9.17) is 0 Å². The summed E-state index contributed by atoms with van der Waals surface area (Å²) in [7, 11) is 0. The molecule has 1 saturated carbocycles. The summed E-state index contributed by atoms with van der Waals surface area (Å²) >= 11 is 0. The first-order valence-electron chi connectivity index (χ1n) is 4.13. The van der Waals surface area contributed by atoms with Crippen molar-refractivity contribution in [2.75, 3.05) is 0 Å². The van der Waals surface area contributed by atoms with Gasteiger partial charge in [0.05, 0.1) is 6.10 Å². The highest BCUT2D eigenvalue weighted by Gasteiger charge is 2.24. The quantitative estimate of drug-likeness (QED) is 0.576. The number of carbonyl (C=O) groups excluding carboxylic acids is 1. The Morgan fingerprint density at radius 3 is 2.91 bits per heavy atom. The van der Waals surface area contributed by atoms with Crippen molar-refractivity contribution in [2.45, 2.75) is 32.3 Å². The van der Waals surface area contributed by atoms with Crippen molar-refractivity contribution < 1.29 is 9.90 Å². The first-order chi connectivity index (χ1) is 5.24. The van der Waals surface area contributed by atoms with Gasteiger partial charge in [0.25, 0.3) is 0 Å². The molecule has 1 N–H and O–H groups in total. The van der Waals surface area contributed by atoms with Crippen LogP contribution in [0.15, 0.2) is 6.08 Å². The van der Waals surface area contributed by atoms with Gasteiger partial charge in [0.15, 0.2) is 0 Å². The van der Waals surface area contributed by atoms with Crippen molar-refractivity contribution >= 4 is 5.94 Å². The molecule has 0 saturated heterocycles. The van der Waals surface area contributed by atoms with E-state index in [1.807, 2.05) is 0 Å². The molecule has 2 heteroatoms. The second-order valence-electron chi connectivity index (χ2n) is 3.39. The van der Waals surface area contributed by atoms with E-state index in [-0.39, 0.29) is 12.0 Å². The summed E-state index contributed by atoms with van der Waals surface area (Å²) in [5.74, 6) is 2.58. The van der Waals surface area contributed by atoms with E-state index >= 15 is 0 Å². The molecule has 0 aliphatic heterocycles. The van der Waals surface area contributed by atoms with Gasteiger partial charge in [-0.05, 0) is 31.1 Å². The average Bonchev–Trinajstić information content (AvgIpc) is 1.98. The monoisotopic (exact) mass is 154 g/mol. The molecule has 11 heavy (non-hydrogen) atoms. The van der Waals surface area contributed by atoms with Gasteiger partial charge in [0.1, 0.15) is 5.94 Å². The first-order valence-corrected chi connectivity index (χ1v) is 4.13. The van der Waals surface area contributed by atoms with Crippen molar-refractivity contribution in [2.24, 2.45) is 11.8 Å².